The first-order valence-corrected chi connectivity index (χ1v) is 11.5. The summed E-state index contributed by atoms with van der Waals surface area (Å²) >= 11 is 12.6. The van der Waals surface area contributed by atoms with Gasteiger partial charge in [0.25, 0.3) is 0 Å². The van der Waals surface area contributed by atoms with Gasteiger partial charge < -0.3 is 20.5 Å². The van der Waals surface area contributed by atoms with Crippen LogP contribution in [-0.4, -0.2) is 23.5 Å². The second-order valence-corrected chi connectivity index (χ2v) is 8.54. The number of alkyl halides is 3. The van der Waals surface area contributed by atoms with E-state index in [1.54, 1.807) is 0 Å². The number of aliphatic carboxylic acids is 1. The highest BCUT2D eigenvalue weighted by Crippen LogP contribution is 2.42. The quantitative estimate of drug-likeness (QED) is 0.266. The molecule has 36 heavy (non-hydrogen) atoms. The Morgan fingerprint density at radius 1 is 0.944 bits per heavy atom. The topological polar surface area (TPSA) is 87.7 Å². The fourth-order valence-electron chi connectivity index (χ4n) is 3.41. The van der Waals surface area contributed by atoms with Crippen LogP contribution in [0.15, 0.2) is 60.7 Å². The first-order chi connectivity index (χ1) is 17.0. The van der Waals surface area contributed by atoms with E-state index in [0.717, 1.165) is 17.2 Å². The molecule has 0 bridgehead atoms. The van der Waals surface area contributed by atoms with Crippen molar-refractivity contribution in [3.63, 3.8) is 0 Å². The molecular weight excluding hydrogens is 520 g/mol. The van der Waals surface area contributed by atoms with E-state index >= 15 is 0 Å². The Balaban J connectivity index is 1.63. The highest BCUT2D eigenvalue weighted by atomic mass is 35.5. The Morgan fingerprint density at radius 3 is 2.17 bits per heavy atom. The van der Waals surface area contributed by atoms with Crippen molar-refractivity contribution < 1.29 is 32.6 Å². The van der Waals surface area contributed by atoms with Gasteiger partial charge in [-0.25, -0.2) is 4.79 Å². The summed E-state index contributed by atoms with van der Waals surface area (Å²) in [5, 5.41) is 14.0. The lowest BCUT2D eigenvalue weighted by atomic mass is 10.0. The predicted molar refractivity (Wildman–Crippen MR) is 131 cm³/mol. The van der Waals surface area contributed by atoms with Crippen LogP contribution in [0, 0.1) is 0 Å². The van der Waals surface area contributed by atoms with Crippen LogP contribution in [0.3, 0.4) is 0 Å². The van der Waals surface area contributed by atoms with E-state index in [1.807, 2.05) is 24.3 Å². The summed E-state index contributed by atoms with van der Waals surface area (Å²) < 4.78 is 42.4. The molecule has 0 saturated carbocycles. The fraction of sp³-hybridized carbons (Fsp3) is 0.200. The van der Waals surface area contributed by atoms with Gasteiger partial charge in [-0.1, -0.05) is 65.7 Å². The Bertz CT molecular complexity index is 1210. The first kappa shape index (κ1) is 27.2. The molecule has 2 amide bonds. The summed E-state index contributed by atoms with van der Waals surface area (Å²) in [6.07, 6.45) is -3.60. The minimum absolute atomic E-state index is 0.0227. The summed E-state index contributed by atoms with van der Waals surface area (Å²) in [7, 11) is 0. The number of rotatable bonds is 9. The number of anilines is 1. The lowest BCUT2D eigenvalue weighted by molar-refractivity contribution is -0.274. The van der Waals surface area contributed by atoms with Crippen LogP contribution in [0.5, 0.6) is 5.75 Å². The molecule has 6 nitrogen and oxygen atoms in total. The molecule has 11 heteroatoms. The molecule has 0 radical (unpaired) electrons. The molecule has 0 spiro atoms. The second kappa shape index (κ2) is 12.0. The van der Waals surface area contributed by atoms with E-state index in [2.05, 4.69) is 15.4 Å². The number of carboxylic acids is 1. The minimum atomic E-state index is -4.89. The molecule has 0 aliphatic carbocycles. The third-order valence-electron chi connectivity index (χ3n) is 5.01. The number of urea groups is 1. The van der Waals surface area contributed by atoms with Crippen molar-refractivity contribution in [1.82, 2.24) is 5.32 Å². The van der Waals surface area contributed by atoms with Crippen molar-refractivity contribution in [2.24, 2.45) is 0 Å². The number of hydrogen-bond donors (Lipinski definition) is 3. The Labute approximate surface area is 215 Å². The molecule has 0 aliphatic rings. The smallest absolute Gasteiger partial charge is 0.481 e. The molecule has 3 N–H and O–H groups in total. The number of amides is 2. The fourth-order valence-corrected chi connectivity index (χ4v) is 4.11. The second-order valence-electron chi connectivity index (χ2n) is 7.73. The van der Waals surface area contributed by atoms with Gasteiger partial charge in [-0.05, 0) is 42.2 Å². The molecule has 0 heterocycles. The number of para-hydroxylation sites is 1. The number of carbonyl (C=O) groups is 2. The minimum Gasteiger partial charge on any atom is -0.481 e. The van der Waals surface area contributed by atoms with Crippen LogP contribution >= 0.6 is 23.2 Å². The Hall–Kier alpha value is -3.43. The lowest BCUT2D eigenvalue weighted by Crippen LogP contribution is -2.28. The maximum absolute atomic E-state index is 12.8. The number of aryl methyl sites for hydroxylation is 1. The monoisotopic (exact) mass is 540 g/mol. The molecule has 3 aromatic carbocycles. The third kappa shape index (κ3) is 8.07. The summed E-state index contributed by atoms with van der Waals surface area (Å²) in [6, 6.07) is 15.1. The molecule has 3 aromatic rings. The van der Waals surface area contributed by atoms with Gasteiger partial charge in [0.2, 0.25) is 0 Å². The molecule has 3 rings (SSSR count). The number of hydrogen-bond acceptors (Lipinski definition) is 3. The van der Waals surface area contributed by atoms with Crippen molar-refractivity contribution in [2.75, 3.05) is 5.32 Å². The van der Waals surface area contributed by atoms with Crippen LogP contribution in [0.4, 0.5) is 23.7 Å². The Morgan fingerprint density at radius 2 is 1.56 bits per heavy atom. The number of benzene rings is 3. The number of carbonyl (C=O) groups excluding carboxylic acids is 1. The van der Waals surface area contributed by atoms with Crippen molar-refractivity contribution in [2.45, 2.75) is 32.2 Å². The highest BCUT2D eigenvalue weighted by molar-refractivity contribution is 6.40. The molecule has 0 atom stereocenters. The van der Waals surface area contributed by atoms with Gasteiger partial charge in [0, 0.05) is 29.8 Å². The van der Waals surface area contributed by atoms with E-state index in [1.165, 1.54) is 30.3 Å². The van der Waals surface area contributed by atoms with Crippen LogP contribution in [0.25, 0.3) is 11.1 Å². The van der Waals surface area contributed by atoms with Crippen molar-refractivity contribution in [3.05, 3.63) is 81.8 Å². The standard InChI is InChI=1S/C25H21Cl2F3N2O4/c26-19-12-17(13-20(27)23(19)18-5-1-2-6-21(18)36-25(28,29)30)32-24(35)31-14-16-10-8-15(9-11-16)4-3-7-22(33)34/h1-2,5-6,8-13H,3-4,7,14H2,(H,33,34)(H2,31,32,35). The van der Waals surface area contributed by atoms with E-state index in [-0.39, 0.29) is 39.8 Å². The van der Waals surface area contributed by atoms with Crippen molar-refractivity contribution in [3.8, 4) is 16.9 Å². The lowest BCUT2D eigenvalue weighted by Gasteiger charge is -2.16. The molecule has 0 saturated heterocycles. The zero-order valence-corrected chi connectivity index (χ0v) is 20.2. The maximum atomic E-state index is 12.8. The molecule has 0 fully saturated rings. The van der Waals surface area contributed by atoms with E-state index < -0.39 is 24.1 Å². The van der Waals surface area contributed by atoms with Crippen molar-refractivity contribution in [1.29, 1.82) is 0 Å². The zero-order chi connectivity index (χ0) is 26.3. The number of ether oxygens (including phenoxy) is 1. The molecule has 0 aliphatic heterocycles. The van der Waals surface area contributed by atoms with Gasteiger partial charge in [0.1, 0.15) is 5.75 Å². The van der Waals surface area contributed by atoms with Gasteiger partial charge in [-0.2, -0.15) is 0 Å². The van der Waals surface area contributed by atoms with E-state index in [4.69, 9.17) is 28.3 Å². The predicted octanol–water partition coefficient (Wildman–Crippen LogP) is 7.29. The van der Waals surface area contributed by atoms with E-state index in [9.17, 15) is 22.8 Å². The van der Waals surface area contributed by atoms with Crippen molar-refractivity contribution >= 4 is 40.9 Å². The van der Waals surface area contributed by atoms with Crippen LogP contribution < -0.4 is 15.4 Å². The summed E-state index contributed by atoms with van der Waals surface area (Å²) in [6.45, 7) is 0.225. The first-order valence-electron chi connectivity index (χ1n) is 10.7. The maximum Gasteiger partial charge on any atom is 0.573 e. The van der Waals surface area contributed by atoms with Crippen LogP contribution in [0.1, 0.15) is 24.0 Å². The van der Waals surface area contributed by atoms with Crippen LogP contribution in [0.2, 0.25) is 10.0 Å². The number of halogens is 5. The molecule has 0 aromatic heterocycles. The largest absolute Gasteiger partial charge is 0.573 e. The average molecular weight is 541 g/mol. The third-order valence-corrected chi connectivity index (χ3v) is 5.61. The average Bonchev–Trinajstić information content (AvgIpc) is 2.78. The molecular formula is C25H21Cl2F3N2O4. The Kier molecular flexibility index (Phi) is 9.06. The highest BCUT2D eigenvalue weighted by Gasteiger charge is 2.32. The van der Waals surface area contributed by atoms with Gasteiger partial charge in [0.05, 0.1) is 10.0 Å². The number of nitrogens with one attached hydrogen (secondary N) is 2. The summed E-state index contributed by atoms with van der Waals surface area (Å²) in [5.41, 5.74) is 2.25. The zero-order valence-electron chi connectivity index (χ0n) is 18.7. The molecule has 190 valence electrons. The molecule has 0 unspecified atom stereocenters. The van der Waals surface area contributed by atoms with Gasteiger partial charge in [-0.3, -0.25) is 4.79 Å². The van der Waals surface area contributed by atoms with Gasteiger partial charge in [0.15, 0.2) is 0 Å². The van der Waals surface area contributed by atoms with Crippen LogP contribution in [-0.2, 0) is 17.8 Å². The normalized spacial score (nSPS) is 11.1. The van der Waals surface area contributed by atoms with Gasteiger partial charge >= 0.3 is 18.4 Å². The summed E-state index contributed by atoms with van der Waals surface area (Å²) in [4.78, 5) is 22.9. The SMILES string of the molecule is O=C(O)CCCc1ccc(CNC(=O)Nc2cc(Cl)c(-c3ccccc3OC(F)(F)F)c(Cl)c2)cc1. The van der Waals surface area contributed by atoms with E-state index in [0.29, 0.717) is 12.8 Å². The van der Waals surface area contributed by atoms with Gasteiger partial charge in [-0.15, -0.1) is 13.2 Å². The summed E-state index contributed by atoms with van der Waals surface area (Å²) in [5.74, 6) is -1.29. The number of carboxylic acid groups (broad SMARTS) is 1.